The maximum Gasteiger partial charge on any atom is 0.280 e. The fourth-order valence-corrected chi connectivity index (χ4v) is 4.26. The van der Waals surface area contributed by atoms with E-state index in [1.54, 1.807) is 11.8 Å². The van der Waals surface area contributed by atoms with Gasteiger partial charge in [-0.15, -0.1) is 0 Å². The van der Waals surface area contributed by atoms with E-state index in [9.17, 15) is 4.79 Å². The molecule has 0 aliphatic carbocycles. The number of methoxy groups -OCH3 is 1. The molecule has 0 spiro atoms. The van der Waals surface area contributed by atoms with Gasteiger partial charge in [-0.2, -0.15) is 0 Å². The predicted octanol–water partition coefficient (Wildman–Crippen LogP) is 5.37. The van der Waals surface area contributed by atoms with Gasteiger partial charge in [-0.1, -0.05) is 36.4 Å². The van der Waals surface area contributed by atoms with Crippen LogP contribution in [0.15, 0.2) is 94.8 Å². The molecule has 0 saturated carbocycles. The summed E-state index contributed by atoms with van der Waals surface area (Å²) in [4.78, 5) is 21.6. The quantitative estimate of drug-likeness (QED) is 0.327. The van der Waals surface area contributed by atoms with Crippen molar-refractivity contribution >= 4 is 16.6 Å². The van der Waals surface area contributed by atoms with Crippen molar-refractivity contribution < 1.29 is 4.74 Å². The summed E-state index contributed by atoms with van der Waals surface area (Å²) < 4.78 is 6.87. The van der Waals surface area contributed by atoms with Crippen molar-refractivity contribution in [2.75, 3.05) is 13.7 Å². The highest BCUT2D eigenvalue weighted by Crippen LogP contribution is 2.24. The first-order valence-electron chi connectivity index (χ1n) is 11.3. The molecule has 0 atom stereocenters. The summed E-state index contributed by atoms with van der Waals surface area (Å²) in [7, 11) is 1.64. The van der Waals surface area contributed by atoms with Gasteiger partial charge in [0.1, 0.15) is 5.75 Å². The minimum Gasteiger partial charge on any atom is -0.497 e. The number of hydrogen-bond donors (Lipinski definition) is 2. The SMILES string of the molecule is COc1ccc(-c2[nH]n(-c3ccccc3)c(=O)c2C(C)=NCCc2c[nH]c3ccccc23)cc1. The van der Waals surface area contributed by atoms with Crippen molar-refractivity contribution in [3.63, 3.8) is 0 Å². The van der Waals surface area contributed by atoms with E-state index >= 15 is 0 Å². The zero-order chi connectivity index (χ0) is 23.5. The van der Waals surface area contributed by atoms with Crippen molar-refractivity contribution in [1.29, 1.82) is 0 Å². The highest BCUT2D eigenvalue weighted by atomic mass is 16.5. The third-order valence-electron chi connectivity index (χ3n) is 6.05. The van der Waals surface area contributed by atoms with Crippen LogP contribution in [-0.4, -0.2) is 34.1 Å². The van der Waals surface area contributed by atoms with E-state index in [1.807, 2.05) is 79.9 Å². The summed E-state index contributed by atoms with van der Waals surface area (Å²) >= 11 is 0. The monoisotopic (exact) mass is 450 g/mol. The molecular formula is C28H26N4O2. The minimum absolute atomic E-state index is 0.120. The lowest BCUT2D eigenvalue weighted by Crippen LogP contribution is -2.19. The Labute approximate surface area is 197 Å². The van der Waals surface area contributed by atoms with Gasteiger partial charge in [-0.3, -0.25) is 14.9 Å². The number of nitrogens with one attached hydrogen (secondary N) is 2. The van der Waals surface area contributed by atoms with Crippen LogP contribution in [0.25, 0.3) is 27.8 Å². The van der Waals surface area contributed by atoms with Gasteiger partial charge in [-0.05, 0) is 61.4 Å². The summed E-state index contributed by atoms with van der Waals surface area (Å²) in [6.45, 7) is 2.49. The highest BCUT2D eigenvalue weighted by Gasteiger charge is 2.19. The fourth-order valence-electron chi connectivity index (χ4n) is 4.26. The van der Waals surface area contributed by atoms with Crippen LogP contribution >= 0.6 is 0 Å². The van der Waals surface area contributed by atoms with Crippen molar-refractivity contribution in [2.45, 2.75) is 13.3 Å². The summed E-state index contributed by atoms with van der Waals surface area (Å²) in [5.74, 6) is 0.763. The average molecular weight is 451 g/mol. The third-order valence-corrected chi connectivity index (χ3v) is 6.05. The van der Waals surface area contributed by atoms with Crippen LogP contribution in [0.3, 0.4) is 0 Å². The molecule has 2 heterocycles. The molecule has 0 amide bonds. The molecule has 6 nitrogen and oxygen atoms in total. The van der Waals surface area contributed by atoms with Gasteiger partial charge in [0, 0.05) is 34.9 Å². The number of aromatic nitrogens is 3. The molecule has 0 aliphatic rings. The van der Waals surface area contributed by atoms with E-state index in [1.165, 1.54) is 10.9 Å². The topological polar surface area (TPSA) is 75.2 Å². The molecule has 5 aromatic rings. The second-order valence-electron chi connectivity index (χ2n) is 8.14. The third kappa shape index (κ3) is 4.06. The molecule has 0 unspecified atom stereocenters. The molecule has 0 aliphatic heterocycles. The van der Waals surface area contributed by atoms with Crippen molar-refractivity contribution in [3.05, 3.63) is 107 Å². The molecule has 2 N–H and O–H groups in total. The van der Waals surface area contributed by atoms with E-state index in [4.69, 9.17) is 9.73 Å². The maximum atomic E-state index is 13.5. The number of H-pyrrole nitrogens is 2. The van der Waals surface area contributed by atoms with Crippen molar-refractivity contribution in [3.8, 4) is 22.7 Å². The number of nitrogens with zero attached hydrogens (tertiary/aromatic N) is 2. The zero-order valence-electron chi connectivity index (χ0n) is 19.2. The first kappa shape index (κ1) is 21.5. The minimum atomic E-state index is -0.120. The van der Waals surface area contributed by atoms with Crippen LogP contribution < -0.4 is 10.3 Å². The van der Waals surface area contributed by atoms with Gasteiger partial charge in [0.25, 0.3) is 5.56 Å². The number of para-hydroxylation sites is 2. The van der Waals surface area contributed by atoms with Gasteiger partial charge in [-0.25, -0.2) is 4.68 Å². The highest BCUT2D eigenvalue weighted by molar-refractivity contribution is 6.03. The molecule has 0 saturated heterocycles. The Morgan fingerprint density at radius 1 is 0.971 bits per heavy atom. The lowest BCUT2D eigenvalue weighted by Gasteiger charge is -2.05. The van der Waals surface area contributed by atoms with Gasteiger partial charge in [0.15, 0.2) is 0 Å². The number of aliphatic imine (C=N–C) groups is 1. The maximum absolute atomic E-state index is 13.5. The zero-order valence-corrected chi connectivity index (χ0v) is 19.2. The smallest absolute Gasteiger partial charge is 0.280 e. The first-order valence-corrected chi connectivity index (χ1v) is 11.3. The molecular weight excluding hydrogens is 424 g/mol. The Morgan fingerprint density at radius 2 is 1.71 bits per heavy atom. The fraction of sp³-hybridized carbons (Fsp3) is 0.143. The Morgan fingerprint density at radius 3 is 2.47 bits per heavy atom. The Balaban J connectivity index is 1.51. The summed E-state index contributed by atoms with van der Waals surface area (Å²) in [5.41, 5.74) is 5.92. The molecule has 0 fully saturated rings. The molecule has 5 rings (SSSR count). The lowest BCUT2D eigenvalue weighted by molar-refractivity contribution is 0.415. The molecule has 34 heavy (non-hydrogen) atoms. The standard InChI is InChI=1S/C28H26N4O2/c1-19(29-17-16-21-18-30-25-11-7-6-10-24(21)25)26-27(20-12-14-23(34-2)15-13-20)31-32(28(26)33)22-8-4-3-5-9-22/h3-15,18,30-31H,16-17H2,1-2H3. The van der Waals surface area contributed by atoms with Gasteiger partial charge < -0.3 is 9.72 Å². The van der Waals surface area contributed by atoms with Crippen LogP contribution in [0.4, 0.5) is 0 Å². The van der Waals surface area contributed by atoms with E-state index in [0.717, 1.165) is 34.6 Å². The van der Waals surface area contributed by atoms with Crippen LogP contribution in [0.5, 0.6) is 5.75 Å². The average Bonchev–Trinajstić information content (AvgIpc) is 3.45. The Kier molecular flexibility index (Phi) is 5.87. The molecule has 0 bridgehead atoms. The molecule has 6 heteroatoms. The van der Waals surface area contributed by atoms with Gasteiger partial charge in [0.2, 0.25) is 0 Å². The number of fused-ring (bicyclic) bond motifs is 1. The van der Waals surface area contributed by atoms with E-state index in [2.05, 4.69) is 22.2 Å². The van der Waals surface area contributed by atoms with Crippen molar-refractivity contribution in [1.82, 2.24) is 14.8 Å². The first-order chi connectivity index (χ1) is 16.7. The van der Waals surface area contributed by atoms with Crippen LogP contribution in [-0.2, 0) is 6.42 Å². The number of aromatic amines is 2. The second kappa shape index (κ2) is 9.27. The van der Waals surface area contributed by atoms with Crippen LogP contribution in [0.2, 0.25) is 0 Å². The van der Waals surface area contributed by atoms with Crippen LogP contribution in [0, 0.1) is 0 Å². The molecule has 0 radical (unpaired) electrons. The second-order valence-corrected chi connectivity index (χ2v) is 8.14. The molecule has 170 valence electrons. The van der Waals surface area contributed by atoms with Crippen molar-refractivity contribution in [2.24, 2.45) is 4.99 Å². The Bertz CT molecular complexity index is 1510. The van der Waals surface area contributed by atoms with E-state index in [0.29, 0.717) is 17.8 Å². The largest absolute Gasteiger partial charge is 0.497 e. The van der Waals surface area contributed by atoms with Crippen LogP contribution in [0.1, 0.15) is 18.1 Å². The van der Waals surface area contributed by atoms with Gasteiger partial charge >= 0.3 is 0 Å². The number of benzene rings is 3. The number of ether oxygens (including phenoxy) is 1. The van der Waals surface area contributed by atoms with Gasteiger partial charge in [0.05, 0.1) is 24.1 Å². The summed E-state index contributed by atoms with van der Waals surface area (Å²) in [6, 6.07) is 25.5. The number of rotatable bonds is 7. The van der Waals surface area contributed by atoms with E-state index < -0.39 is 0 Å². The number of hydrogen-bond acceptors (Lipinski definition) is 3. The molecule has 3 aromatic carbocycles. The van der Waals surface area contributed by atoms with E-state index in [-0.39, 0.29) is 5.56 Å². The lowest BCUT2D eigenvalue weighted by atomic mass is 10.0. The predicted molar refractivity (Wildman–Crippen MR) is 137 cm³/mol. The Hall–Kier alpha value is -4.32. The summed E-state index contributed by atoms with van der Waals surface area (Å²) in [5, 5.41) is 4.52. The summed E-state index contributed by atoms with van der Waals surface area (Å²) in [6.07, 6.45) is 2.83. The molecule has 2 aromatic heterocycles. The normalized spacial score (nSPS) is 11.8.